The third-order valence-electron chi connectivity index (χ3n) is 4.67. The lowest BCUT2D eigenvalue weighted by molar-refractivity contribution is -0.274. The van der Waals surface area contributed by atoms with Crippen LogP contribution in [0.1, 0.15) is 22.8 Å². The fourth-order valence-corrected chi connectivity index (χ4v) is 2.89. The van der Waals surface area contributed by atoms with Crippen LogP contribution in [-0.2, 0) is 16.1 Å². The van der Waals surface area contributed by atoms with E-state index in [1.54, 1.807) is 42.5 Å². The molecule has 8 nitrogen and oxygen atoms in total. The standard InChI is InChI=1S/C26H27F3N2O6/c1-5-6-7-22(36-16-18-8-10-19(11-9-18)24(32)35-4)17(2)15-30-25(33)31-21-14-20(37-26(27,28)29)12-13-23(21)34-3/h5-14H,2,15-16H2,1,3-4H3,(H2,30,31,33)/b6-5-,22-7+. The topological polar surface area (TPSA) is 95.1 Å². The number of halogens is 3. The molecule has 2 aromatic carbocycles. The van der Waals surface area contributed by atoms with E-state index in [1.807, 2.05) is 6.92 Å². The highest BCUT2D eigenvalue weighted by Gasteiger charge is 2.31. The number of carbonyl (C=O) groups is 2. The molecule has 0 radical (unpaired) electrons. The molecule has 0 aromatic heterocycles. The molecule has 2 aromatic rings. The molecule has 2 rings (SSSR count). The second kappa shape index (κ2) is 13.6. The highest BCUT2D eigenvalue weighted by atomic mass is 19.4. The van der Waals surface area contributed by atoms with Crippen LogP contribution in [0.2, 0.25) is 0 Å². The number of benzene rings is 2. The minimum absolute atomic E-state index is 0.0244. The smallest absolute Gasteiger partial charge is 0.495 e. The number of urea groups is 1. The summed E-state index contributed by atoms with van der Waals surface area (Å²) in [5, 5.41) is 4.99. The number of rotatable bonds is 11. The Balaban J connectivity index is 2.00. The number of hydrogen-bond acceptors (Lipinski definition) is 6. The fraction of sp³-hybridized carbons (Fsp3) is 0.231. The van der Waals surface area contributed by atoms with Gasteiger partial charge in [0, 0.05) is 18.2 Å². The van der Waals surface area contributed by atoms with E-state index in [0.29, 0.717) is 16.9 Å². The minimum atomic E-state index is -4.88. The van der Waals surface area contributed by atoms with E-state index in [1.165, 1.54) is 20.3 Å². The lowest BCUT2D eigenvalue weighted by Gasteiger charge is -2.16. The summed E-state index contributed by atoms with van der Waals surface area (Å²) < 4.78 is 57.1. The SMILES string of the molecule is C=C(CNC(=O)Nc1cc(OC(F)(F)F)ccc1OC)/C(=C\C=C/C)OCc1ccc(C(=O)OC)cc1. The first kappa shape index (κ1) is 28.8. The van der Waals surface area contributed by atoms with E-state index < -0.39 is 24.1 Å². The van der Waals surface area contributed by atoms with E-state index in [-0.39, 0.29) is 24.6 Å². The zero-order valence-corrected chi connectivity index (χ0v) is 20.5. The third kappa shape index (κ3) is 9.63. The molecular weight excluding hydrogens is 493 g/mol. The molecule has 0 atom stereocenters. The van der Waals surface area contributed by atoms with E-state index in [0.717, 1.165) is 17.7 Å². The van der Waals surface area contributed by atoms with Gasteiger partial charge >= 0.3 is 18.4 Å². The fourth-order valence-electron chi connectivity index (χ4n) is 2.89. The first-order valence-corrected chi connectivity index (χ1v) is 10.9. The van der Waals surface area contributed by atoms with Gasteiger partial charge in [-0.25, -0.2) is 9.59 Å². The number of methoxy groups -OCH3 is 2. The molecule has 2 N–H and O–H groups in total. The summed E-state index contributed by atoms with van der Waals surface area (Å²) in [6.45, 7) is 5.89. The Bertz CT molecular complexity index is 1160. The van der Waals surface area contributed by atoms with Gasteiger partial charge in [-0.2, -0.15) is 0 Å². The van der Waals surface area contributed by atoms with E-state index in [4.69, 9.17) is 9.47 Å². The zero-order valence-electron chi connectivity index (χ0n) is 20.5. The maximum atomic E-state index is 12.5. The summed E-state index contributed by atoms with van der Waals surface area (Å²) in [5.41, 5.74) is 1.59. The van der Waals surface area contributed by atoms with Crippen molar-refractivity contribution in [2.75, 3.05) is 26.1 Å². The van der Waals surface area contributed by atoms with Crippen LogP contribution in [0.5, 0.6) is 11.5 Å². The molecule has 198 valence electrons. The highest BCUT2D eigenvalue weighted by Crippen LogP contribution is 2.31. The molecule has 37 heavy (non-hydrogen) atoms. The molecule has 0 saturated carbocycles. The second-order valence-corrected chi connectivity index (χ2v) is 7.36. The van der Waals surface area contributed by atoms with Crippen molar-refractivity contribution in [3.63, 3.8) is 0 Å². The third-order valence-corrected chi connectivity index (χ3v) is 4.67. The Morgan fingerprint density at radius 1 is 1.08 bits per heavy atom. The Labute approximate surface area is 212 Å². The molecule has 2 amide bonds. The molecule has 0 aliphatic rings. The van der Waals surface area contributed by atoms with Crippen molar-refractivity contribution in [1.29, 1.82) is 0 Å². The molecule has 0 saturated heterocycles. The first-order chi connectivity index (χ1) is 17.6. The molecule has 11 heteroatoms. The van der Waals surface area contributed by atoms with Crippen molar-refractivity contribution in [1.82, 2.24) is 5.32 Å². The van der Waals surface area contributed by atoms with Gasteiger partial charge in [0.05, 0.1) is 25.5 Å². The summed E-state index contributed by atoms with van der Waals surface area (Å²) in [7, 11) is 2.61. The molecule has 0 heterocycles. The quantitative estimate of drug-likeness (QED) is 0.223. The largest absolute Gasteiger partial charge is 0.573 e. The average molecular weight is 521 g/mol. The van der Waals surface area contributed by atoms with Gasteiger partial charge in [0.2, 0.25) is 0 Å². The number of esters is 1. The van der Waals surface area contributed by atoms with Crippen molar-refractivity contribution < 1.29 is 41.7 Å². The summed E-state index contributed by atoms with van der Waals surface area (Å²) in [6, 6.07) is 9.25. The van der Waals surface area contributed by atoms with Crippen LogP contribution in [-0.4, -0.2) is 39.1 Å². The van der Waals surface area contributed by atoms with Gasteiger partial charge in [-0.1, -0.05) is 30.9 Å². The molecular formula is C26H27F3N2O6. The average Bonchev–Trinajstić information content (AvgIpc) is 2.86. The second-order valence-electron chi connectivity index (χ2n) is 7.36. The maximum absolute atomic E-state index is 12.5. The van der Waals surface area contributed by atoms with E-state index in [9.17, 15) is 22.8 Å². The lowest BCUT2D eigenvalue weighted by atomic mass is 10.1. The van der Waals surface area contributed by atoms with Gasteiger partial charge < -0.3 is 29.6 Å². The van der Waals surface area contributed by atoms with Crippen molar-refractivity contribution in [3.05, 3.63) is 89.7 Å². The molecule has 0 spiro atoms. The number of alkyl halides is 3. The van der Waals surface area contributed by atoms with Crippen molar-refractivity contribution in [3.8, 4) is 11.5 Å². The van der Waals surface area contributed by atoms with Crippen LogP contribution in [0.3, 0.4) is 0 Å². The van der Waals surface area contributed by atoms with Gasteiger partial charge in [-0.15, -0.1) is 13.2 Å². The number of amides is 2. The molecule has 0 bridgehead atoms. The van der Waals surface area contributed by atoms with Crippen LogP contribution < -0.4 is 20.1 Å². The Morgan fingerprint density at radius 3 is 2.38 bits per heavy atom. The first-order valence-electron chi connectivity index (χ1n) is 10.9. The van der Waals surface area contributed by atoms with Crippen LogP contribution in [0, 0.1) is 0 Å². The Kier molecular flexibility index (Phi) is 10.6. The molecule has 0 aliphatic heterocycles. The van der Waals surface area contributed by atoms with Gasteiger partial charge in [0.15, 0.2) is 0 Å². The van der Waals surface area contributed by atoms with Crippen LogP contribution >= 0.6 is 0 Å². The number of nitrogens with one attached hydrogen (secondary N) is 2. The minimum Gasteiger partial charge on any atom is -0.495 e. The van der Waals surface area contributed by atoms with Crippen LogP contribution in [0.25, 0.3) is 0 Å². The van der Waals surface area contributed by atoms with Gasteiger partial charge in [0.25, 0.3) is 0 Å². The summed E-state index contributed by atoms with van der Waals surface area (Å²) in [6.07, 6.45) is 0.304. The zero-order chi connectivity index (χ0) is 27.4. The highest BCUT2D eigenvalue weighted by molar-refractivity contribution is 5.91. The predicted molar refractivity (Wildman–Crippen MR) is 131 cm³/mol. The number of anilines is 1. The Morgan fingerprint density at radius 2 is 1.78 bits per heavy atom. The van der Waals surface area contributed by atoms with Crippen LogP contribution in [0.15, 0.2) is 78.6 Å². The molecule has 0 unspecified atom stereocenters. The Hall–Kier alpha value is -4.41. The number of hydrogen-bond donors (Lipinski definition) is 2. The van der Waals surface area contributed by atoms with Crippen molar-refractivity contribution in [2.45, 2.75) is 19.9 Å². The van der Waals surface area contributed by atoms with E-state index in [2.05, 4.69) is 26.7 Å². The number of carbonyl (C=O) groups excluding carboxylic acids is 2. The monoisotopic (exact) mass is 520 g/mol. The summed E-state index contributed by atoms with van der Waals surface area (Å²) in [5.74, 6) is -0.430. The predicted octanol–water partition coefficient (Wildman–Crippen LogP) is 5.73. The van der Waals surface area contributed by atoms with Gasteiger partial charge in [-0.3, -0.25) is 0 Å². The maximum Gasteiger partial charge on any atom is 0.573 e. The number of allylic oxidation sites excluding steroid dienone is 3. The van der Waals surface area contributed by atoms with Crippen molar-refractivity contribution in [2.24, 2.45) is 0 Å². The van der Waals surface area contributed by atoms with Gasteiger partial charge in [0.1, 0.15) is 23.9 Å². The van der Waals surface area contributed by atoms with Crippen molar-refractivity contribution >= 4 is 17.7 Å². The number of ether oxygens (including phenoxy) is 4. The normalized spacial score (nSPS) is 11.6. The summed E-state index contributed by atoms with van der Waals surface area (Å²) in [4.78, 5) is 24.0. The molecule has 0 fully saturated rings. The van der Waals surface area contributed by atoms with E-state index >= 15 is 0 Å². The summed E-state index contributed by atoms with van der Waals surface area (Å²) >= 11 is 0. The lowest BCUT2D eigenvalue weighted by Crippen LogP contribution is -2.31. The van der Waals surface area contributed by atoms with Gasteiger partial charge in [-0.05, 0) is 42.8 Å². The van der Waals surface area contributed by atoms with Crippen LogP contribution in [0.4, 0.5) is 23.7 Å². The molecule has 0 aliphatic carbocycles.